The molecule has 3 aromatic rings. The molecule has 0 saturated heterocycles. The summed E-state index contributed by atoms with van der Waals surface area (Å²) in [7, 11) is 3.12. The Morgan fingerprint density at radius 1 is 1.25 bits per heavy atom. The molecule has 0 bridgehead atoms. The predicted molar refractivity (Wildman–Crippen MR) is 106 cm³/mol. The largest absolute Gasteiger partial charge is 0.493 e. The van der Waals surface area contributed by atoms with Crippen LogP contribution in [-0.2, 0) is 13.0 Å². The second kappa shape index (κ2) is 7.27. The Balaban J connectivity index is 1.85. The maximum atomic E-state index is 12.9. The standard InChI is InChI=1S/C19H20ClN5O3/c1-27-13-6-12(22-7-14(13)28-2)9-25-8-11(5-10-3-4-10)16(26)15-17(20)23-19(21)24-18(15)25/h6-8,10H,3-5,9H2,1-2H3,(H2,21,23,24). The van der Waals surface area contributed by atoms with Crippen LogP contribution in [-0.4, -0.2) is 33.7 Å². The third-order valence-corrected chi connectivity index (χ3v) is 5.10. The Labute approximate surface area is 166 Å². The summed E-state index contributed by atoms with van der Waals surface area (Å²) in [6, 6.07) is 1.79. The van der Waals surface area contributed by atoms with Gasteiger partial charge < -0.3 is 19.8 Å². The van der Waals surface area contributed by atoms with E-state index in [9.17, 15) is 4.79 Å². The number of methoxy groups -OCH3 is 2. The van der Waals surface area contributed by atoms with Gasteiger partial charge >= 0.3 is 0 Å². The summed E-state index contributed by atoms with van der Waals surface area (Å²) >= 11 is 6.26. The van der Waals surface area contributed by atoms with Gasteiger partial charge in [-0.25, -0.2) is 4.98 Å². The molecule has 1 fully saturated rings. The van der Waals surface area contributed by atoms with Crippen molar-refractivity contribution in [2.75, 3.05) is 20.0 Å². The summed E-state index contributed by atoms with van der Waals surface area (Å²) in [6.45, 7) is 0.363. The maximum absolute atomic E-state index is 12.9. The smallest absolute Gasteiger partial charge is 0.223 e. The Morgan fingerprint density at radius 2 is 2.00 bits per heavy atom. The van der Waals surface area contributed by atoms with Crippen LogP contribution in [0.1, 0.15) is 24.1 Å². The van der Waals surface area contributed by atoms with Crippen molar-refractivity contribution < 1.29 is 9.47 Å². The zero-order valence-corrected chi connectivity index (χ0v) is 16.4. The number of fused-ring (bicyclic) bond motifs is 1. The van der Waals surface area contributed by atoms with E-state index in [4.69, 9.17) is 26.8 Å². The lowest BCUT2D eigenvalue weighted by Crippen LogP contribution is -2.19. The predicted octanol–water partition coefficient (Wildman–Crippen LogP) is 2.44. The van der Waals surface area contributed by atoms with Gasteiger partial charge in [-0.2, -0.15) is 4.98 Å². The molecule has 1 saturated carbocycles. The Morgan fingerprint density at radius 3 is 2.68 bits per heavy atom. The van der Waals surface area contributed by atoms with Gasteiger partial charge in [0.1, 0.15) is 10.5 Å². The highest BCUT2D eigenvalue weighted by atomic mass is 35.5. The van der Waals surface area contributed by atoms with Crippen LogP contribution in [0.4, 0.5) is 5.95 Å². The van der Waals surface area contributed by atoms with E-state index >= 15 is 0 Å². The van der Waals surface area contributed by atoms with Crippen molar-refractivity contribution in [3.63, 3.8) is 0 Å². The first-order valence-electron chi connectivity index (χ1n) is 8.92. The van der Waals surface area contributed by atoms with Crippen LogP contribution >= 0.6 is 11.6 Å². The number of hydrogen-bond acceptors (Lipinski definition) is 7. The second-order valence-electron chi connectivity index (χ2n) is 6.86. The van der Waals surface area contributed by atoms with Crippen molar-refractivity contribution >= 4 is 28.6 Å². The molecule has 3 heterocycles. The van der Waals surface area contributed by atoms with E-state index in [1.807, 2.05) is 10.8 Å². The van der Waals surface area contributed by atoms with E-state index in [1.54, 1.807) is 26.5 Å². The number of nitrogen functional groups attached to an aromatic ring is 1. The third kappa shape index (κ3) is 3.47. The zero-order valence-electron chi connectivity index (χ0n) is 15.6. The Kier molecular flexibility index (Phi) is 4.80. The van der Waals surface area contributed by atoms with E-state index in [2.05, 4.69) is 15.0 Å². The number of ether oxygens (including phenoxy) is 2. The topological polar surface area (TPSA) is 105 Å². The Bertz CT molecular complexity index is 1110. The van der Waals surface area contributed by atoms with Gasteiger partial charge in [0.2, 0.25) is 5.95 Å². The van der Waals surface area contributed by atoms with E-state index in [-0.39, 0.29) is 21.9 Å². The number of nitrogens with zero attached hydrogens (tertiary/aromatic N) is 4. The fraction of sp³-hybridized carbons (Fsp3) is 0.368. The molecule has 3 aromatic heterocycles. The molecule has 28 heavy (non-hydrogen) atoms. The summed E-state index contributed by atoms with van der Waals surface area (Å²) in [5, 5.41) is 0.355. The minimum atomic E-state index is -0.136. The SMILES string of the molecule is COc1cnc(Cn2cc(CC3CC3)c(=O)c3c(Cl)nc(N)nc32)cc1OC. The number of halogens is 1. The van der Waals surface area contributed by atoms with Gasteiger partial charge in [0.05, 0.1) is 32.7 Å². The normalized spacial score (nSPS) is 13.7. The molecule has 0 radical (unpaired) electrons. The molecule has 0 spiro atoms. The number of hydrogen-bond donors (Lipinski definition) is 1. The summed E-state index contributed by atoms with van der Waals surface area (Å²) in [5.74, 6) is 1.68. The molecule has 0 amide bonds. The highest BCUT2D eigenvalue weighted by Gasteiger charge is 2.25. The van der Waals surface area contributed by atoms with Gasteiger partial charge in [0.25, 0.3) is 0 Å². The van der Waals surface area contributed by atoms with Gasteiger partial charge in [0.15, 0.2) is 22.6 Å². The summed E-state index contributed by atoms with van der Waals surface area (Å²) in [4.78, 5) is 25.6. The van der Waals surface area contributed by atoms with E-state index in [0.717, 1.165) is 19.3 Å². The fourth-order valence-electron chi connectivity index (χ4n) is 3.25. The second-order valence-corrected chi connectivity index (χ2v) is 7.22. The van der Waals surface area contributed by atoms with Crippen molar-refractivity contribution in [2.45, 2.75) is 25.8 Å². The van der Waals surface area contributed by atoms with Crippen LogP contribution in [0.2, 0.25) is 5.15 Å². The quantitative estimate of drug-likeness (QED) is 0.632. The van der Waals surface area contributed by atoms with Crippen LogP contribution in [0.25, 0.3) is 11.0 Å². The first kappa shape index (κ1) is 18.5. The van der Waals surface area contributed by atoms with Crippen molar-refractivity contribution in [1.82, 2.24) is 19.5 Å². The average Bonchev–Trinajstić information content (AvgIpc) is 3.49. The number of pyridine rings is 2. The van der Waals surface area contributed by atoms with Crippen molar-refractivity contribution in [3.8, 4) is 11.5 Å². The Hall–Kier alpha value is -2.87. The van der Waals surface area contributed by atoms with Crippen LogP contribution in [0.5, 0.6) is 11.5 Å². The van der Waals surface area contributed by atoms with Gasteiger partial charge in [-0.05, 0) is 25.2 Å². The molecule has 0 aromatic carbocycles. The molecule has 4 rings (SSSR count). The van der Waals surface area contributed by atoms with Gasteiger partial charge in [-0.3, -0.25) is 9.78 Å². The fourth-order valence-corrected chi connectivity index (χ4v) is 3.50. The first-order valence-corrected chi connectivity index (χ1v) is 9.30. The molecule has 1 aliphatic rings. The lowest BCUT2D eigenvalue weighted by Gasteiger charge is -2.14. The van der Waals surface area contributed by atoms with E-state index < -0.39 is 0 Å². The molecule has 0 aliphatic heterocycles. The molecular weight excluding hydrogens is 382 g/mol. The minimum Gasteiger partial charge on any atom is -0.493 e. The molecular formula is C19H20ClN5O3. The molecule has 0 unspecified atom stereocenters. The number of aromatic nitrogens is 4. The summed E-state index contributed by atoms with van der Waals surface area (Å²) in [5.41, 5.74) is 7.44. The average molecular weight is 402 g/mol. The van der Waals surface area contributed by atoms with E-state index in [1.165, 1.54) is 0 Å². The van der Waals surface area contributed by atoms with Crippen molar-refractivity contribution in [2.24, 2.45) is 5.92 Å². The lowest BCUT2D eigenvalue weighted by molar-refractivity contribution is 0.352. The van der Waals surface area contributed by atoms with Crippen LogP contribution < -0.4 is 20.6 Å². The minimum absolute atomic E-state index is 0.0147. The van der Waals surface area contributed by atoms with Gasteiger partial charge in [-0.15, -0.1) is 0 Å². The number of anilines is 1. The summed E-state index contributed by atoms with van der Waals surface area (Å²) in [6.07, 6.45) is 6.42. The molecule has 0 atom stereocenters. The summed E-state index contributed by atoms with van der Waals surface area (Å²) < 4.78 is 12.4. The monoisotopic (exact) mass is 401 g/mol. The van der Waals surface area contributed by atoms with Gasteiger partial charge in [0, 0.05) is 17.8 Å². The van der Waals surface area contributed by atoms with Crippen molar-refractivity contribution in [1.29, 1.82) is 0 Å². The number of rotatable bonds is 6. The molecule has 2 N–H and O–H groups in total. The highest BCUT2D eigenvalue weighted by molar-refractivity contribution is 6.34. The van der Waals surface area contributed by atoms with Gasteiger partial charge in [-0.1, -0.05) is 11.6 Å². The lowest BCUT2D eigenvalue weighted by atomic mass is 10.1. The maximum Gasteiger partial charge on any atom is 0.223 e. The van der Waals surface area contributed by atoms with Crippen molar-refractivity contribution in [3.05, 3.63) is 45.1 Å². The third-order valence-electron chi connectivity index (χ3n) is 4.83. The number of nitrogens with two attached hydrogens (primary N) is 1. The molecule has 146 valence electrons. The van der Waals surface area contributed by atoms with Crippen LogP contribution in [0.3, 0.4) is 0 Å². The molecule has 9 heteroatoms. The van der Waals surface area contributed by atoms with E-state index in [0.29, 0.717) is 40.9 Å². The molecule has 8 nitrogen and oxygen atoms in total. The highest BCUT2D eigenvalue weighted by Crippen LogP contribution is 2.32. The zero-order chi connectivity index (χ0) is 19.8. The molecule has 1 aliphatic carbocycles. The first-order chi connectivity index (χ1) is 13.5. The van der Waals surface area contributed by atoms with Crippen LogP contribution in [0.15, 0.2) is 23.3 Å². The van der Waals surface area contributed by atoms with Crippen LogP contribution in [0, 0.1) is 5.92 Å².